The van der Waals surface area contributed by atoms with Gasteiger partial charge in [0, 0.05) is 0 Å². The van der Waals surface area contributed by atoms with Gasteiger partial charge in [0.05, 0.1) is 13.0 Å². The Morgan fingerprint density at radius 3 is 2.88 bits per heavy atom. The third-order valence-corrected chi connectivity index (χ3v) is 2.29. The standard InChI is InChI=1S/C11H16N2O3/c1-8-4-3-5-10(9(8)2)15-7-6-11(14)16-13-12/h3-5,13H,6-7,12H2,1-2H3. The molecule has 0 fully saturated rings. The van der Waals surface area contributed by atoms with E-state index in [9.17, 15) is 4.79 Å². The van der Waals surface area contributed by atoms with Crippen LogP contribution < -0.4 is 16.2 Å². The van der Waals surface area contributed by atoms with Gasteiger partial charge < -0.3 is 9.57 Å². The van der Waals surface area contributed by atoms with Gasteiger partial charge in [-0.15, -0.1) is 0 Å². The molecule has 0 aliphatic heterocycles. The molecule has 0 aliphatic carbocycles. The predicted molar refractivity (Wildman–Crippen MR) is 59.4 cm³/mol. The highest BCUT2D eigenvalue weighted by Crippen LogP contribution is 2.20. The Morgan fingerprint density at radius 2 is 2.19 bits per heavy atom. The van der Waals surface area contributed by atoms with Crippen molar-refractivity contribution >= 4 is 5.97 Å². The fraction of sp³-hybridized carbons (Fsp3) is 0.364. The van der Waals surface area contributed by atoms with Gasteiger partial charge in [0.2, 0.25) is 0 Å². The zero-order valence-corrected chi connectivity index (χ0v) is 9.45. The topological polar surface area (TPSA) is 73.6 Å². The summed E-state index contributed by atoms with van der Waals surface area (Å²) in [5.74, 6) is 5.16. The Bertz CT molecular complexity index is 366. The van der Waals surface area contributed by atoms with E-state index in [2.05, 4.69) is 4.84 Å². The van der Waals surface area contributed by atoms with Crippen LogP contribution in [0.2, 0.25) is 0 Å². The number of hydrogen-bond donors (Lipinski definition) is 2. The molecule has 0 atom stereocenters. The van der Waals surface area contributed by atoms with Crippen molar-refractivity contribution in [3.05, 3.63) is 29.3 Å². The first-order valence-corrected chi connectivity index (χ1v) is 4.99. The molecule has 0 radical (unpaired) electrons. The van der Waals surface area contributed by atoms with Crippen LogP contribution in [-0.4, -0.2) is 12.6 Å². The summed E-state index contributed by atoms with van der Waals surface area (Å²) in [5, 5.41) is 0. The van der Waals surface area contributed by atoms with Crippen molar-refractivity contribution in [2.75, 3.05) is 6.61 Å². The second kappa shape index (κ2) is 6.09. The summed E-state index contributed by atoms with van der Waals surface area (Å²) < 4.78 is 5.47. The lowest BCUT2D eigenvalue weighted by atomic mass is 10.1. The van der Waals surface area contributed by atoms with Crippen LogP contribution in [0, 0.1) is 13.8 Å². The molecule has 1 rings (SSSR count). The highest BCUT2D eigenvalue weighted by atomic mass is 16.7. The van der Waals surface area contributed by atoms with Crippen molar-refractivity contribution in [2.45, 2.75) is 20.3 Å². The van der Waals surface area contributed by atoms with Crippen molar-refractivity contribution in [3.8, 4) is 5.75 Å². The van der Waals surface area contributed by atoms with Crippen molar-refractivity contribution in [3.63, 3.8) is 0 Å². The van der Waals surface area contributed by atoms with Crippen molar-refractivity contribution < 1.29 is 14.4 Å². The molecule has 5 nitrogen and oxygen atoms in total. The van der Waals surface area contributed by atoms with Crippen LogP contribution in [-0.2, 0) is 9.63 Å². The van der Waals surface area contributed by atoms with Gasteiger partial charge in [-0.25, -0.2) is 5.84 Å². The molecule has 1 aromatic carbocycles. The number of aryl methyl sites for hydroxylation is 1. The minimum absolute atomic E-state index is 0.150. The van der Waals surface area contributed by atoms with E-state index in [-0.39, 0.29) is 13.0 Å². The number of nitrogens with two attached hydrogens (primary N) is 1. The maximum atomic E-state index is 10.9. The smallest absolute Gasteiger partial charge is 0.329 e. The number of rotatable bonds is 5. The Labute approximate surface area is 94.5 Å². The maximum absolute atomic E-state index is 10.9. The summed E-state index contributed by atoms with van der Waals surface area (Å²) in [7, 11) is 0. The summed E-state index contributed by atoms with van der Waals surface area (Å²) in [6.07, 6.45) is 0.150. The normalized spacial score (nSPS) is 9.94. The van der Waals surface area contributed by atoms with Crippen LogP contribution in [0.4, 0.5) is 0 Å². The monoisotopic (exact) mass is 224 g/mol. The van der Waals surface area contributed by atoms with Gasteiger partial charge in [0.15, 0.2) is 0 Å². The predicted octanol–water partition coefficient (Wildman–Crippen LogP) is 0.994. The Balaban J connectivity index is 2.43. The van der Waals surface area contributed by atoms with E-state index in [1.54, 1.807) is 0 Å². The first-order chi connectivity index (χ1) is 7.65. The van der Waals surface area contributed by atoms with Gasteiger partial charge in [0.25, 0.3) is 0 Å². The molecule has 0 aliphatic rings. The first kappa shape index (κ1) is 12.5. The fourth-order valence-electron chi connectivity index (χ4n) is 1.24. The quantitative estimate of drug-likeness (QED) is 0.576. The lowest BCUT2D eigenvalue weighted by molar-refractivity contribution is -0.151. The van der Waals surface area contributed by atoms with E-state index in [0.29, 0.717) is 0 Å². The van der Waals surface area contributed by atoms with Crippen LogP contribution in [0.5, 0.6) is 5.75 Å². The SMILES string of the molecule is Cc1cccc(OCCC(=O)ONN)c1C. The van der Waals surface area contributed by atoms with Crippen LogP contribution in [0.3, 0.4) is 0 Å². The summed E-state index contributed by atoms with van der Waals surface area (Å²) in [5.41, 5.74) is 4.06. The number of hydrazine groups is 1. The van der Waals surface area contributed by atoms with E-state index in [1.165, 1.54) is 0 Å². The zero-order valence-electron chi connectivity index (χ0n) is 9.45. The number of carbonyl (C=O) groups is 1. The molecule has 0 spiro atoms. The molecule has 0 heterocycles. The molecule has 0 saturated carbocycles. The molecule has 0 aromatic heterocycles. The van der Waals surface area contributed by atoms with Crippen LogP contribution in [0.1, 0.15) is 17.5 Å². The van der Waals surface area contributed by atoms with Gasteiger partial charge in [-0.05, 0) is 31.0 Å². The third kappa shape index (κ3) is 3.52. The summed E-state index contributed by atoms with van der Waals surface area (Å²) in [6.45, 7) is 4.25. The Hall–Kier alpha value is -1.59. The van der Waals surface area contributed by atoms with Gasteiger partial charge in [-0.3, -0.25) is 4.79 Å². The first-order valence-electron chi connectivity index (χ1n) is 4.99. The third-order valence-electron chi connectivity index (χ3n) is 2.29. The summed E-state index contributed by atoms with van der Waals surface area (Å²) in [6, 6.07) is 5.79. The minimum atomic E-state index is -0.451. The van der Waals surface area contributed by atoms with E-state index in [1.807, 2.05) is 37.6 Å². The second-order valence-corrected chi connectivity index (χ2v) is 3.39. The zero-order chi connectivity index (χ0) is 12.0. The molecule has 0 unspecified atom stereocenters. The number of ether oxygens (including phenoxy) is 1. The fourth-order valence-corrected chi connectivity index (χ4v) is 1.24. The van der Waals surface area contributed by atoms with Gasteiger partial charge >= 0.3 is 5.97 Å². The molecule has 0 amide bonds. The molecular weight excluding hydrogens is 208 g/mol. The summed E-state index contributed by atoms with van der Waals surface area (Å²) >= 11 is 0. The van der Waals surface area contributed by atoms with E-state index < -0.39 is 5.97 Å². The van der Waals surface area contributed by atoms with Crippen LogP contribution >= 0.6 is 0 Å². The molecule has 0 saturated heterocycles. The molecule has 5 heteroatoms. The van der Waals surface area contributed by atoms with Gasteiger partial charge in [-0.1, -0.05) is 17.7 Å². The molecule has 0 bridgehead atoms. The van der Waals surface area contributed by atoms with E-state index in [0.717, 1.165) is 16.9 Å². The largest absolute Gasteiger partial charge is 0.493 e. The van der Waals surface area contributed by atoms with Crippen LogP contribution in [0.15, 0.2) is 18.2 Å². The Kier molecular flexibility index (Phi) is 4.75. The highest BCUT2D eigenvalue weighted by molar-refractivity contribution is 5.69. The molecular formula is C11H16N2O3. The van der Waals surface area contributed by atoms with Crippen molar-refractivity contribution in [1.29, 1.82) is 0 Å². The number of carbonyl (C=O) groups excluding carboxylic acids is 1. The number of nitrogens with one attached hydrogen (secondary N) is 1. The molecule has 88 valence electrons. The molecule has 16 heavy (non-hydrogen) atoms. The Morgan fingerprint density at radius 1 is 1.44 bits per heavy atom. The van der Waals surface area contributed by atoms with E-state index in [4.69, 9.17) is 10.6 Å². The molecule has 1 aromatic rings. The highest BCUT2D eigenvalue weighted by Gasteiger charge is 2.05. The van der Waals surface area contributed by atoms with Crippen molar-refractivity contribution in [2.24, 2.45) is 5.84 Å². The number of hydrogen-bond acceptors (Lipinski definition) is 5. The van der Waals surface area contributed by atoms with Crippen LogP contribution in [0.25, 0.3) is 0 Å². The maximum Gasteiger partial charge on any atom is 0.329 e. The minimum Gasteiger partial charge on any atom is -0.493 e. The van der Waals surface area contributed by atoms with Gasteiger partial charge in [-0.2, -0.15) is 0 Å². The second-order valence-electron chi connectivity index (χ2n) is 3.39. The van der Waals surface area contributed by atoms with E-state index >= 15 is 0 Å². The molecule has 3 N–H and O–H groups in total. The lowest BCUT2D eigenvalue weighted by Crippen LogP contribution is -2.27. The average Bonchev–Trinajstić information content (AvgIpc) is 2.25. The van der Waals surface area contributed by atoms with Crippen molar-refractivity contribution in [1.82, 2.24) is 5.59 Å². The van der Waals surface area contributed by atoms with Gasteiger partial charge in [0.1, 0.15) is 5.75 Å². The average molecular weight is 224 g/mol. The summed E-state index contributed by atoms with van der Waals surface area (Å²) in [4.78, 5) is 15.3. The lowest BCUT2D eigenvalue weighted by Gasteiger charge is -2.10. The number of benzene rings is 1.